The van der Waals surface area contributed by atoms with Gasteiger partial charge in [0.1, 0.15) is 0 Å². The third kappa shape index (κ3) is 8.75. The number of nitrogens with zero attached hydrogens (tertiary/aromatic N) is 1. The Labute approximate surface area is 190 Å². The molecule has 7 nitrogen and oxygen atoms in total. The van der Waals surface area contributed by atoms with Gasteiger partial charge in [-0.1, -0.05) is 24.3 Å². The van der Waals surface area contributed by atoms with Crippen molar-refractivity contribution in [3.05, 3.63) is 54.1 Å². The zero-order chi connectivity index (χ0) is 21.0. The number of morpholine rings is 1. The summed E-state index contributed by atoms with van der Waals surface area (Å²) in [6.07, 6.45) is 1.11. The number of para-hydroxylation sites is 1. The Kier molecular flexibility index (Phi) is 11.2. The van der Waals surface area contributed by atoms with Crippen molar-refractivity contribution in [2.75, 3.05) is 58.4 Å². The van der Waals surface area contributed by atoms with E-state index in [-0.39, 0.29) is 24.9 Å². The number of nitrogens with one attached hydrogen (secondary N) is 2. The minimum absolute atomic E-state index is 0. The van der Waals surface area contributed by atoms with E-state index in [1.165, 1.54) is 0 Å². The smallest absolute Gasteiger partial charge is 0.262 e. The van der Waals surface area contributed by atoms with Gasteiger partial charge >= 0.3 is 0 Å². The van der Waals surface area contributed by atoms with Crippen LogP contribution in [0.2, 0.25) is 0 Å². The highest BCUT2D eigenvalue weighted by Crippen LogP contribution is 2.28. The summed E-state index contributed by atoms with van der Waals surface area (Å²) in [7, 11) is 1.60. The van der Waals surface area contributed by atoms with Crippen LogP contribution in [0.4, 0.5) is 5.69 Å². The number of hydrogen-bond acceptors (Lipinski definition) is 6. The van der Waals surface area contributed by atoms with Gasteiger partial charge in [0.25, 0.3) is 5.91 Å². The second-order valence-corrected chi connectivity index (χ2v) is 7.17. The molecule has 31 heavy (non-hydrogen) atoms. The van der Waals surface area contributed by atoms with Crippen molar-refractivity contribution in [1.82, 2.24) is 10.2 Å². The summed E-state index contributed by atoms with van der Waals surface area (Å²) < 4.78 is 16.5. The Morgan fingerprint density at radius 1 is 1.10 bits per heavy atom. The van der Waals surface area contributed by atoms with Crippen molar-refractivity contribution in [3.8, 4) is 11.5 Å². The summed E-state index contributed by atoms with van der Waals surface area (Å²) in [5.41, 5.74) is 1.85. The molecule has 2 aromatic carbocycles. The third-order valence-corrected chi connectivity index (χ3v) is 4.91. The standard InChI is InChI=1S/C23H31N3O4.ClH/c1-28-22-16-19(17-24-10-5-11-26-12-14-29-15-13-26)8-9-21(22)30-18-23(27)25-20-6-3-2-4-7-20;/h2-4,6-9,16,24H,5,10-15,17-18H2,1H3,(H,25,27);1H. The molecule has 1 fully saturated rings. The maximum absolute atomic E-state index is 12.1. The number of carbonyl (C=O) groups is 1. The van der Waals surface area contributed by atoms with E-state index in [1.54, 1.807) is 7.11 Å². The van der Waals surface area contributed by atoms with E-state index in [0.717, 1.165) is 63.6 Å². The first-order valence-electron chi connectivity index (χ1n) is 10.4. The van der Waals surface area contributed by atoms with Gasteiger partial charge in [-0.25, -0.2) is 0 Å². The second kappa shape index (κ2) is 13.9. The van der Waals surface area contributed by atoms with Gasteiger partial charge < -0.3 is 24.8 Å². The summed E-state index contributed by atoms with van der Waals surface area (Å²) in [6, 6.07) is 15.1. The van der Waals surface area contributed by atoms with E-state index in [9.17, 15) is 4.79 Å². The number of rotatable bonds is 11. The van der Waals surface area contributed by atoms with E-state index in [4.69, 9.17) is 14.2 Å². The molecule has 0 bridgehead atoms. The maximum Gasteiger partial charge on any atom is 0.262 e. The lowest BCUT2D eigenvalue weighted by Gasteiger charge is -2.26. The SMILES string of the molecule is COc1cc(CNCCCN2CCOCC2)ccc1OCC(=O)Nc1ccccc1.Cl. The molecule has 0 unspecified atom stereocenters. The molecule has 2 aromatic rings. The molecule has 1 amide bonds. The summed E-state index contributed by atoms with van der Waals surface area (Å²) >= 11 is 0. The van der Waals surface area contributed by atoms with Crippen LogP contribution in [0.5, 0.6) is 11.5 Å². The van der Waals surface area contributed by atoms with Crippen LogP contribution < -0.4 is 20.1 Å². The fourth-order valence-electron chi connectivity index (χ4n) is 3.29. The van der Waals surface area contributed by atoms with Crippen LogP contribution in [0.15, 0.2) is 48.5 Å². The van der Waals surface area contributed by atoms with Crippen LogP contribution in [-0.2, 0) is 16.1 Å². The van der Waals surface area contributed by atoms with Gasteiger partial charge in [0.05, 0.1) is 20.3 Å². The van der Waals surface area contributed by atoms with Gasteiger partial charge in [-0.15, -0.1) is 12.4 Å². The van der Waals surface area contributed by atoms with Gasteiger partial charge in [0.15, 0.2) is 18.1 Å². The molecule has 0 atom stereocenters. The topological polar surface area (TPSA) is 72.1 Å². The van der Waals surface area contributed by atoms with Crippen LogP contribution in [0.25, 0.3) is 0 Å². The second-order valence-electron chi connectivity index (χ2n) is 7.17. The summed E-state index contributed by atoms with van der Waals surface area (Å²) in [5.74, 6) is 0.959. The number of amides is 1. The fraction of sp³-hybridized carbons (Fsp3) is 0.435. The number of anilines is 1. The number of ether oxygens (including phenoxy) is 3. The fourth-order valence-corrected chi connectivity index (χ4v) is 3.29. The summed E-state index contributed by atoms with van der Waals surface area (Å²) in [4.78, 5) is 14.5. The van der Waals surface area contributed by atoms with Crippen LogP contribution in [0, 0.1) is 0 Å². The molecular formula is C23H32ClN3O4. The average Bonchev–Trinajstić information content (AvgIpc) is 2.79. The Balaban J connectivity index is 0.00000341. The van der Waals surface area contributed by atoms with Gasteiger partial charge in [0.2, 0.25) is 0 Å². The number of hydrogen-bond donors (Lipinski definition) is 2. The lowest BCUT2D eigenvalue weighted by molar-refractivity contribution is -0.118. The predicted octanol–water partition coefficient (Wildman–Crippen LogP) is 2.95. The van der Waals surface area contributed by atoms with Crippen molar-refractivity contribution >= 4 is 24.0 Å². The van der Waals surface area contributed by atoms with Crippen LogP contribution in [-0.4, -0.2) is 63.9 Å². The first-order chi connectivity index (χ1) is 14.7. The zero-order valence-corrected chi connectivity index (χ0v) is 18.8. The molecule has 8 heteroatoms. The monoisotopic (exact) mass is 449 g/mol. The van der Waals surface area contributed by atoms with Crippen LogP contribution in [0.1, 0.15) is 12.0 Å². The molecule has 0 aliphatic carbocycles. The predicted molar refractivity (Wildman–Crippen MR) is 124 cm³/mol. The van der Waals surface area contributed by atoms with Crippen molar-refractivity contribution < 1.29 is 19.0 Å². The normalized spacial score (nSPS) is 13.8. The molecule has 1 aliphatic rings. The van der Waals surface area contributed by atoms with Crippen LogP contribution in [0.3, 0.4) is 0 Å². The molecule has 0 radical (unpaired) electrons. The van der Waals surface area contributed by atoms with Crippen molar-refractivity contribution in [1.29, 1.82) is 0 Å². The van der Waals surface area contributed by atoms with E-state index >= 15 is 0 Å². The molecule has 3 rings (SSSR count). The van der Waals surface area contributed by atoms with Crippen molar-refractivity contribution in [2.24, 2.45) is 0 Å². The van der Waals surface area contributed by atoms with Crippen molar-refractivity contribution in [2.45, 2.75) is 13.0 Å². The molecule has 1 heterocycles. The van der Waals surface area contributed by atoms with Crippen molar-refractivity contribution in [3.63, 3.8) is 0 Å². The molecule has 1 saturated heterocycles. The van der Waals surface area contributed by atoms with Crippen LogP contribution >= 0.6 is 12.4 Å². The Hall–Kier alpha value is -2.32. The van der Waals surface area contributed by atoms with E-state index in [1.807, 2.05) is 48.5 Å². The first-order valence-corrected chi connectivity index (χ1v) is 10.4. The Bertz CT molecular complexity index is 786. The zero-order valence-electron chi connectivity index (χ0n) is 18.0. The quantitative estimate of drug-likeness (QED) is 0.514. The number of benzene rings is 2. The van der Waals surface area contributed by atoms with Gasteiger partial charge in [-0.2, -0.15) is 0 Å². The molecule has 2 N–H and O–H groups in total. The molecular weight excluding hydrogens is 418 g/mol. The molecule has 1 aliphatic heterocycles. The maximum atomic E-state index is 12.1. The molecule has 170 valence electrons. The lowest BCUT2D eigenvalue weighted by Crippen LogP contribution is -2.37. The molecule has 0 saturated carbocycles. The summed E-state index contributed by atoms with van der Waals surface area (Å²) in [5, 5.41) is 6.27. The minimum atomic E-state index is -0.214. The van der Waals surface area contributed by atoms with E-state index < -0.39 is 0 Å². The van der Waals surface area contributed by atoms with E-state index in [2.05, 4.69) is 15.5 Å². The third-order valence-electron chi connectivity index (χ3n) is 4.91. The minimum Gasteiger partial charge on any atom is -0.493 e. The number of methoxy groups -OCH3 is 1. The molecule has 0 aromatic heterocycles. The highest BCUT2D eigenvalue weighted by molar-refractivity contribution is 5.91. The Morgan fingerprint density at radius 3 is 2.61 bits per heavy atom. The molecule has 0 spiro atoms. The lowest BCUT2D eigenvalue weighted by atomic mass is 10.2. The average molecular weight is 450 g/mol. The summed E-state index contributed by atoms with van der Waals surface area (Å²) in [6.45, 7) is 6.48. The highest BCUT2D eigenvalue weighted by Gasteiger charge is 2.10. The van der Waals surface area contributed by atoms with Gasteiger partial charge in [-0.05, 0) is 49.3 Å². The first kappa shape index (κ1) is 24.9. The largest absolute Gasteiger partial charge is 0.493 e. The number of carbonyl (C=O) groups excluding carboxylic acids is 1. The Morgan fingerprint density at radius 2 is 1.87 bits per heavy atom. The highest BCUT2D eigenvalue weighted by atomic mass is 35.5. The number of halogens is 1. The van der Waals surface area contributed by atoms with Gasteiger partial charge in [0, 0.05) is 25.3 Å². The van der Waals surface area contributed by atoms with Gasteiger partial charge in [-0.3, -0.25) is 9.69 Å². The van der Waals surface area contributed by atoms with E-state index in [0.29, 0.717) is 11.5 Å².